The molecule has 0 amide bonds. The molecule has 0 bridgehead atoms. The molecule has 2 atom stereocenters. The van der Waals surface area contributed by atoms with Crippen molar-refractivity contribution in [2.75, 3.05) is 5.32 Å². The average molecular weight is 271 g/mol. The normalized spacial score (nSPS) is 23.7. The van der Waals surface area contributed by atoms with E-state index in [-0.39, 0.29) is 28.6 Å². The van der Waals surface area contributed by atoms with Crippen LogP contribution in [0.25, 0.3) is 0 Å². The van der Waals surface area contributed by atoms with Crippen LogP contribution in [0, 0.1) is 10.1 Å². The van der Waals surface area contributed by atoms with Crippen LogP contribution in [0.5, 0.6) is 0 Å². The van der Waals surface area contributed by atoms with Gasteiger partial charge in [-0.1, -0.05) is 24.4 Å². The van der Waals surface area contributed by atoms with Gasteiger partial charge in [0.05, 0.1) is 9.95 Å². The Hall–Kier alpha value is -1.40. The van der Waals surface area contributed by atoms with Gasteiger partial charge in [0.15, 0.2) is 0 Å². The molecule has 1 aliphatic rings. The summed E-state index contributed by atoms with van der Waals surface area (Å²) in [5.41, 5.74) is 5.89. The number of rotatable bonds is 3. The predicted octanol–water partition coefficient (Wildman–Crippen LogP) is 2.33. The van der Waals surface area contributed by atoms with Gasteiger partial charge in [0.2, 0.25) is 5.82 Å². The molecule has 18 heavy (non-hydrogen) atoms. The van der Waals surface area contributed by atoms with E-state index in [0.29, 0.717) is 0 Å². The summed E-state index contributed by atoms with van der Waals surface area (Å²) < 4.78 is 0. The molecule has 6 nitrogen and oxygen atoms in total. The first kappa shape index (κ1) is 13.0. The second-order valence-electron chi connectivity index (χ2n) is 4.48. The Balaban J connectivity index is 2.20. The fraction of sp³-hybridized carbons (Fsp3) is 0.545. The molecule has 0 aromatic carbocycles. The van der Waals surface area contributed by atoms with E-state index in [1.807, 2.05) is 0 Å². The van der Waals surface area contributed by atoms with E-state index in [1.165, 1.54) is 12.3 Å². The van der Waals surface area contributed by atoms with Crippen LogP contribution in [0.4, 0.5) is 11.5 Å². The van der Waals surface area contributed by atoms with Crippen molar-refractivity contribution in [1.82, 2.24) is 4.98 Å². The van der Waals surface area contributed by atoms with E-state index in [0.717, 1.165) is 25.7 Å². The van der Waals surface area contributed by atoms with Crippen LogP contribution in [0.3, 0.4) is 0 Å². The molecule has 1 heterocycles. The first-order chi connectivity index (χ1) is 8.58. The zero-order chi connectivity index (χ0) is 13.1. The fourth-order valence-corrected chi connectivity index (χ4v) is 2.35. The summed E-state index contributed by atoms with van der Waals surface area (Å²) in [4.78, 5) is 14.4. The van der Waals surface area contributed by atoms with Crippen LogP contribution >= 0.6 is 11.6 Å². The monoisotopic (exact) mass is 270 g/mol. The van der Waals surface area contributed by atoms with Crippen LogP contribution in [-0.4, -0.2) is 22.0 Å². The SMILES string of the molecule is N[C@@H]1CCCC[C@H]1Nc1ncc(Cl)cc1[N+](=O)[O-]. The van der Waals surface area contributed by atoms with E-state index in [1.54, 1.807) is 0 Å². The number of nitrogens with one attached hydrogen (secondary N) is 1. The van der Waals surface area contributed by atoms with Gasteiger partial charge in [0.1, 0.15) is 0 Å². The maximum Gasteiger partial charge on any atom is 0.312 e. The summed E-state index contributed by atoms with van der Waals surface area (Å²) in [7, 11) is 0. The molecule has 1 fully saturated rings. The Labute approximate surface area is 110 Å². The molecule has 98 valence electrons. The van der Waals surface area contributed by atoms with Gasteiger partial charge in [0, 0.05) is 24.3 Å². The minimum absolute atomic E-state index is 0.0100. The number of anilines is 1. The standard InChI is InChI=1S/C11H15ClN4O2/c12-7-5-10(16(17)18)11(14-6-7)15-9-4-2-1-3-8(9)13/h5-6,8-9H,1-4,13H2,(H,14,15)/t8-,9-/m1/s1. The minimum Gasteiger partial charge on any atom is -0.360 e. The van der Waals surface area contributed by atoms with E-state index in [2.05, 4.69) is 10.3 Å². The van der Waals surface area contributed by atoms with Crippen molar-refractivity contribution in [2.24, 2.45) is 5.73 Å². The molecule has 0 radical (unpaired) electrons. The summed E-state index contributed by atoms with van der Waals surface area (Å²) in [6.45, 7) is 0. The Morgan fingerprint density at radius 3 is 2.89 bits per heavy atom. The van der Waals surface area contributed by atoms with Crippen LogP contribution < -0.4 is 11.1 Å². The minimum atomic E-state index is -0.491. The van der Waals surface area contributed by atoms with Gasteiger partial charge in [-0.05, 0) is 12.8 Å². The number of hydrogen-bond acceptors (Lipinski definition) is 5. The largest absolute Gasteiger partial charge is 0.360 e. The molecule has 0 spiro atoms. The van der Waals surface area contributed by atoms with E-state index in [4.69, 9.17) is 17.3 Å². The number of hydrogen-bond donors (Lipinski definition) is 2. The van der Waals surface area contributed by atoms with Gasteiger partial charge >= 0.3 is 5.69 Å². The molecule has 0 saturated heterocycles. The Kier molecular flexibility index (Phi) is 3.98. The zero-order valence-corrected chi connectivity index (χ0v) is 10.6. The van der Waals surface area contributed by atoms with Crippen molar-refractivity contribution in [3.05, 3.63) is 27.4 Å². The third kappa shape index (κ3) is 2.88. The van der Waals surface area contributed by atoms with E-state index < -0.39 is 4.92 Å². The lowest BCUT2D eigenvalue weighted by atomic mass is 9.91. The van der Waals surface area contributed by atoms with Gasteiger partial charge in [-0.2, -0.15) is 0 Å². The number of nitrogens with zero attached hydrogens (tertiary/aromatic N) is 2. The van der Waals surface area contributed by atoms with Crippen LogP contribution in [0.1, 0.15) is 25.7 Å². The molecule has 2 rings (SSSR count). The predicted molar refractivity (Wildman–Crippen MR) is 69.8 cm³/mol. The summed E-state index contributed by atoms with van der Waals surface area (Å²) in [6.07, 6.45) is 5.41. The van der Waals surface area contributed by atoms with Crippen LogP contribution in [0.15, 0.2) is 12.3 Å². The molecule has 1 aromatic heterocycles. The van der Waals surface area contributed by atoms with Gasteiger partial charge in [-0.25, -0.2) is 4.98 Å². The Morgan fingerprint density at radius 2 is 2.22 bits per heavy atom. The smallest absolute Gasteiger partial charge is 0.312 e. The second-order valence-corrected chi connectivity index (χ2v) is 4.91. The first-order valence-electron chi connectivity index (χ1n) is 5.90. The highest BCUT2D eigenvalue weighted by molar-refractivity contribution is 6.30. The summed E-state index contributed by atoms with van der Waals surface area (Å²) in [5, 5.41) is 14.3. The molecular formula is C11H15ClN4O2. The quantitative estimate of drug-likeness (QED) is 0.649. The molecule has 3 N–H and O–H groups in total. The number of pyridine rings is 1. The topological polar surface area (TPSA) is 94.1 Å². The number of nitro groups is 1. The lowest BCUT2D eigenvalue weighted by Gasteiger charge is -2.29. The summed E-state index contributed by atoms with van der Waals surface area (Å²) >= 11 is 5.71. The van der Waals surface area contributed by atoms with Gasteiger partial charge in [-0.3, -0.25) is 10.1 Å². The van der Waals surface area contributed by atoms with E-state index in [9.17, 15) is 10.1 Å². The van der Waals surface area contributed by atoms with Crippen LogP contribution in [-0.2, 0) is 0 Å². The third-order valence-electron chi connectivity index (χ3n) is 3.17. The molecule has 1 aliphatic carbocycles. The van der Waals surface area contributed by atoms with Crippen molar-refractivity contribution < 1.29 is 4.92 Å². The van der Waals surface area contributed by atoms with Crippen molar-refractivity contribution in [3.8, 4) is 0 Å². The highest BCUT2D eigenvalue weighted by Gasteiger charge is 2.25. The maximum absolute atomic E-state index is 10.9. The first-order valence-corrected chi connectivity index (χ1v) is 6.28. The highest BCUT2D eigenvalue weighted by Crippen LogP contribution is 2.28. The lowest BCUT2D eigenvalue weighted by Crippen LogP contribution is -2.42. The van der Waals surface area contributed by atoms with Crippen molar-refractivity contribution in [1.29, 1.82) is 0 Å². The summed E-state index contributed by atoms with van der Waals surface area (Å²) in [6, 6.07) is 1.34. The van der Waals surface area contributed by atoms with Gasteiger partial charge in [-0.15, -0.1) is 0 Å². The third-order valence-corrected chi connectivity index (χ3v) is 3.38. The maximum atomic E-state index is 10.9. The molecule has 1 saturated carbocycles. The molecular weight excluding hydrogens is 256 g/mol. The summed E-state index contributed by atoms with van der Waals surface area (Å²) in [5.74, 6) is 0.242. The molecule has 7 heteroatoms. The van der Waals surface area contributed by atoms with Crippen molar-refractivity contribution in [3.63, 3.8) is 0 Å². The van der Waals surface area contributed by atoms with E-state index >= 15 is 0 Å². The second kappa shape index (κ2) is 5.49. The molecule has 0 aliphatic heterocycles. The Morgan fingerprint density at radius 1 is 1.50 bits per heavy atom. The van der Waals surface area contributed by atoms with Gasteiger partial charge in [0.25, 0.3) is 0 Å². The zero-order valence-electron chi connectivity index (χ0n) is 9.80. The van der Waals surface area contributed by atoms with Crippen molar-refractivity contribution >= 4 is 23.1 Å². The van der Waals surface area contributed by atoms with Crippen molar-refractivity contribution in [2.45, 2.75) is 37.8 Å². The average Bonchev–Trinajstić information content (AvgIpc) is 2.34. The number of halogens is 1. The fourth-order valence-electron chi connectivity index (χ4n) is 2.19. The molecule has 0 unspecified atom stereocenters. The number of nitrogens with two attached hydrogens (primary N) is 1. The van der Waals surface area contributed by atoms with Crippen LogP contribution in [0.2, 0.25) is 5.02 Å². The lowest BCUT2D eigenvalue weighted by molar-refractivity contribution is -0.384. The van der Waals surface area contributed by atoms with Gasteiger partial charge < -0.3 is 11.1 Å². The Bertz CT molecular complexity index is 455. The highest BCUT2D eigenvalue weighted by atomic mass is 35.5. The molecule has 1 aromatic rings. The number of aromatic nitrogens is 1.